The molecule has 2 N–H and O–H groups in total. The van der Waals surface area contributed by atoms with Crippen molar-refractivity contribution in [3.63, 3.8) is 0 Å². The molecule has 0 atom stereocenters. The molecule has 8 heteroatoms. The standard InChI is InChI=1S/C11H14N2O5S/c1-17-9-4-3-8(10(5-9)18-2)7-13-11(14)6-12-19(13,15)16/h3-6,12,14H,7H2,1-2H3. The summed E-state index contributed by atoms with van der Waals surface area (Å²) in [5, 5.41) is 9.53. The van der Waals surface area contributed by atoms with E-state index in [-0.39, 0.29) is 12.4 Å². The maximum Gasteiger partial charge on any atom is 0.326 e. The Morgan fingerprint density at radius 3 is 2.58 bits per heavy atom. The van der Waals surface area contributed by atoms with E-state index in [1.807, 2.05) is 0 Å². The van der Waals surface area contributed by atoms with Crippen molar-refractivity contribution >= 4 is 10.2 Å². The van der Waals surface area contributed by atoms with E-state index in [1.54, 1.807) is 18.2 Å². The van der Waals surface area contributed by atoms with E-state index in [9.17, 15) is 13.5 Å². The van der Waals surface area contributed by atoms with Gasteiger partial charge in [0.05, 0.1) is 27.0 Å². The lowest BCUT2D eigenvalue weighted by molar-refractivity contribution is 0.281. The van der Waals surface area contributed by atoms with E-state index in [1.165, 1.54) is 14.2 Å². The summed E-state index contributed by atoms with van der Waals surface area (Å²) in [6.45, 7) is -0.0369. The summed E-state index contributed by atoms with van der Waals surface area (Å²) < 4.78 is 36.5. The minimum absolute atomic E-state index is 0.0369. The lowest BCUT2D eigenvalue weighted by atomic mass is 10.2. The molecule has 2 rings (SSSR count). The molecular formula is C11H14N2O5S. The first kappa shape index (κ1) is 13.3. The van der Waals surface area contributed by atoms with Gasteiger partial charge in [-0.05, 0) is 12.1 Å². The third kappa shape index (κ3) is 2.53. The Bertz CT molecular complexity index is 612. The van der Waals surface area contributed by atoms with Gasteiger partial charge in [-0.25, -0.2) is 4.31 Å². The van der Waals surface area contributed by atoms with Gasteiger partial charge >= 0.3 is 10.2 Å². The van der Waals surface area contributed by atoms with Crippen LogP contribution in [0.2, 0.25) is 0 Å². The predicted octanol–water partition coefficient (Wildman–Crippen LogP) is 0.711. The average Bonchev–Trinajstić information content (AvgIpc) is 2.66. The van der Waals surface area contributed by atoms with Crippen LogP contribution in [0.15, 0.2) is 30.3 Å². The average molecular weight is 286 g/mol. The zero-order chi connectivity index (χ0) is 14.0. The smallest absolute Gasteiger partial charge is 0.326 e. The van der Waals surface area contributed by atoms with Crippen molar-refractivity contribution in [2.24, 2.45) is 0 Å². The second-order valence-corrected chi connectivity index (χ2v) is 5.44. The minimum atomic E-state index is -3.72. The molecule has 1 aromatic rings. The number of nitrogens with zero attached hydrogens (tertiary/aromatic N) is 1. The van der Waals surface area contributed by atoms with Gasteiger partial charge in [-0.3, -0.25) is 4.72 Å². The Morgan fingerprint density at radius 2 is 2.05 bits per heavy atom. The second kappa shape index (κ2) is 4.88. The maximum atomic E-state index is 11.6. The van der Waals surface area contributed by atoms with E-state index in [4.69, 9.17) is 9.47 Å². The largest absolute Gasteiger partial charge is 0.497 e. The molecule has 0 unspecified atom stereocenters. The highest BCUT2D eigenvalue weighted by Gasteiger charge is 2.30. The summed E-state index contributed by atoms with van der Waals surface area (Å²) in [6.07, 6.45) is 1.02. The summed E-state index contributed by atoms with van der Waals surface area (Å²) >= 11 is 0. The first-order valence-electron chi connectivity index (χ1n) is 5.38. The van der Waals surface area contributed by atoms with Crippen LogP contribution in [0, 0.1) is 0 Å². The quantitative estimate of drug-likeness (QED) is 0.851. The summed E-state index contributed by atoms with van der Waals surface area (Å²) in [5.41, 5.74) is 0.607. The normalized spacial score (nSPS) is 16.7. The monoisotopic (exact) mass is 286 g/mol. The van der Waals surface area contributed by atoms with Crippen molar-refractivity contribution in [3.8, 4) is 11.5 Å². The van der Waals surface area contributed by atoms with Crippen LogP contribution in [0.3, 0.4) is 0 Å². The molecule has 0 saturated carbocycles. The van der Waals surface area contributed by atoms with Crippen LogP contribution >= 0.6 is 0 Å². The number of ether oxygens (including phenoxy) is 2. The zero-order valence-electron chi connectivity index (χ0n) is 10.5. The molecular weight excluding hydrogens is 272 g/mol. The van der Waals surface area contributed by atoms with Crippen LogP contribution in [0.4, 0.5) is 0 Å². The van der Waals surface area contributed by atoms with Crippen molar-refractivity contribution in [3.05, 3.63) is 35.8 Å². The van der Waals surface area contributed by atoms with E-state index < -0.39 is 10.2 Å². The third-order valence-corrected chi connectivity index (χ3v) is 4.00. The molecule has 0 aromatic heterocycles. The van der Waals surface area contributed by atoms with Crippen molar-refractivity contribution < 1.29 is 23.0 Å². The summed E-state index contributed by atoms with van der Waals surface area (Å²) in [4.78, 5) is 0. The molecule has 0 radical (unpaired) electrons. The number of aliphatic hydroxyl groups excluding tert-OH is 1. The van der Waals surface area contributed by atoms with Crippen LogP contribution in [0.5, 0.6) is 11.5 Å². The Labute approximate surface area is 111 Å². The number of nitrogens with one attached hydrogen (secondary N) is 1. The van der Waals surface area contributed by atoms with E-state index in [0.717, 1.165) is 10.5 Å². The predicted molar refractivity (Wildman–Crippen MR) is 67.9 cm³/mol. The molecule has 19 heavy (non-hydrogen) atoms. The van der Waals surface area contributed by atoms with Gasteiger partial charge in [-0.15, -0.1) is 0 Å². The lowest BCUT2D eigenvalue weighted by Crippen LogP contribution is -2.30. The Balaban J connectivity index is 2.31. The van der Waals surface area contributed by atoms with Gasteiger partial charge in [0.1, 0.15) is 11.5 Å². The van der Waals surface area contributed by atoms with Crippen LogP contribution in [0.1, 0.15) is 5.56 Å². The number of hydrogen-bond acceptors (Lipinski definition) is 5. The molecule has 0 spiro atoms. The highest BCUT2D eigenvalue weighted by molar-refractivity contribution is 7.87. The number of hydrogen-bond donors (Lipinski definition) is 2. The number of methoxy groups -OCH3 is 2. The van der Waals surface area contributed by atoms with Crippen molar-refractivity contribution in [1.29, 1.82) is 0 Å². The highest BCUT2D eigenvalue weighted by atomic mass is 32.2. The minimum Gasteiger partial charge on any atom is -0.497 e. The van der Waals surface area contributed by atoms with E-state index in [2.05, 4.69) is 4.72 Å². The van der Waals surface area contributed by atoms with Crippen LogP contribution in [-0.2, 0) is 16.8 Å². The van der Waals surface area contributed by atoms with Gasteiger partial charge in [0.2, 0.25) is 5.88 Å². The first-order chi connectivity index (χ1) is 8.97. The second-order valence-electron chi connectivity index (χ2n) is 3.81. The van der Waals surface area contributed by atoms with E-state index >= 15 is 0 Å². The van der Waals surface area contributed by atoms with Gasteiger partial charge in [-0.1, -0.05) is 0 Å². The molecule has 0 saturated heterocycles. The molecule has 0 fully saturated rings. The summed E-state index contributed by atoms with van der Waals surface area (Å²) in [6, 6.07) is 5.01. The molecule has 0 bridgehead atoms. The Morgan fingerprint density at radius 1 is 1.32 bits per heavy atom. The molecule has 1 aliphatic heterocycles. The molecule has 1 aliphatic rings. The van der Waals surface area contributed by atoms with Gasteiger partial charge < -0.3 is 14.6 Å². The number of rotatable bonds is 4. The van der Waals surface area contributed by atoms with Crippen molar-refractivity contribution in [1.82, 2.24) is 9.03 Å². The van der Waals surface area contributed by atoms with Crippen LogP contribution in [0.25, 0.3) is 0 Å². The molecule has 1 aromatic carbocycles. The van der Waals surface area contributed by atoms with Gasteiger partial charge in [-0.2, -0.15) is 8.42 Å². The fourth-order valence-electron chi connectivity index (χ4n) is 1.69. The number of aliphatic hydroxyl groups is 1. The van der Waals surface area contributed by atoms with Crippen molar-refractivity contribution in [2.75, 3.05) is 14.2 Å². The van der Waals surface area contributed by atoms with Gasteiger partial charge in [0.15, 0.2) is 0 Å². The fraction of sp³-hybridized carbons (Fsp3) is 0.273. The summed E-state index contributed by atoms with van der Waals surface area (Å²) in [5.74, 6) is 0.717. The SMILES string of the molecule is COc1ccc(CN2C(O)=CNS2(=O)=O)c(OC)c1. The molecule has 104 valence electrons. The zero-order valence-corrected chi connectivity index (χ0v) is 11.3. The maximum absolute atomic E-state index is 11.6. The Hall–Kier alpha value is -2.09. The molecule has 0 aliphatic carbocycles. The van der Waals surface area contributed by atoms with Crippen molar-refractivity contribution in [2.45, 2.75) is 6.54 Å². The molecule has 7 nitrogen and oxygen atoms in total. The first-order valence-corrected chi connectivity index (χ1v) is 6.82. The molecule has 1 heterocycles. The number of benzene rings is 1. The van der Waals surface area contributed by atoms with Gasteiger partial charge in [0, 0.05) is 11.6 Å². The summed E-state index contributed by atoms with van der Waals surface area (Å²) in [7, 11) is -0.719. The molecule has 0 amide bonds. The lowest BCUT2D eigenvalue weighted by Gasteiger charge is -2.18. The third-order valence-electron chi connectivity index (χ3n) is 2.69. The Kier molecular flexibility index (Phi) is 3.43. The highest BCUT2D eigenvalue weighted by Crippen LogP contribution is 2.28. The van der Waals surface area contributed by atoms with Crippen LogP contribution < -0.4 is 14.2 Å². The van der Waals surface area contributed by atoms with Crippen LogP contribution in [-0.4, -0.2) is 32.0 Å². The van der Waals surface area contributed by atoms with E-state index in [0.29, 0.717) is 17.1 Å². The topological polar surface area (TPSA) is 88.1 Å². The fourth-order valence-corrected chi connectivity index (χ4v) is 2.68. The van der Waals surface area contributed by atoms with Gasteiger partial charge in [0.25, 0.3) is 0 Å².